The molecular formula is C61H67N8O8+. The van der Waals surface area contributed by atoms with Crippen molar-refractivity contribution in [3.05, 3.63) is 161 Å². The van der Waals surface area contributed by atoms with Crippen molar-refractivity contribution < 1.29 is 39.0 Å². The van der Waals surface area contributed by atoms with Crippen LogP contribution < -0.4 is 35.6 Å². The Morgan fingerprint density at radius 1 is 0.766 bits per heavy atom. The Balaban J connectivity index is 0.945. The number of carboxylic acids is 1. The topological polar surface area (TPSA) is 217 Å². The number of aryl methyl sites for hydroxylation is 3. The fraction of sp³-hybridized carbons (Fsp3) is 0.410. The second-order valence-electron chi connectivity index (χ2n) is 21.3. The molecule has 0 aliphatic carbocycles. The number of unbranched alkanes of at least 4 members (excludes halogenated alkanes) is 3. The Labute approximate surface area is 448 Å². The smallest absolute Gasteiger partial charge is 0.336 e. The summed E-state index contributed by atoms with van der Waals surface area (Å²) < 4.78 is 9.81. The van der Waals surface area contributed by atoms with Gasteiger partial charge in [-0.15, -0.1) is 0 Å². The summed E-state index contributed by atoms with van der Waals surface area (Å²) in [5.74, 6) is -0.581. The molecule has 5 aromatic rings. The summed E-state index contributed by atoms with van der Waals surface area (Å²) in [6.45, 7) is 6.11. The SMILES string of the molecule is Cc1ccc(CN(CCNC(=O)c2ccc(C(=O)O)c(C3=c4cc5c6c(c4Oc4c3cc3c7c4CCCN7CCCC3)CCC[N+]=6CCCC5)c2)C(=O)c2ccc(CC(=O)CCCCCCC(=O)NO)cc2)cc1N=[N+]=[N-]. The minimum atomic E-state index is -1.09. The zero-order valence-corrected chi connectivity index (χ0v) is 43.9. The van der Waals surface area contributed by atoms with Crippen LogP contribution in [0.2, 0.25) is 0 Å². The molecule has 5 aliphatic rings. The van der Waals surface area contributed by atoms with Crippen molar-refractivity contribution in [3.63, 3.8) is 0 Å². The van der Waals surface area contributed by atoms with Gasteiger partial charge >= 0.3 is 5.97 Å². The number of Topliss-reactive ketones (excluding diaryl/α,β-unsaturated/α-hetero) is 1. The molecule has 0 unspecified atom stereocenters. The number of azide groups is 1. The maximum Gasteiger partial charge on any atom is 0.336 e. The zero-order valence-electron chi connectivity index (χ0n) is 43.9. The van der Waals surface area contributed by atoms with E-state index in [4.69, 9.17) is 9.94 Å². The first-order valence-electron chi connectivity index (χ1n) is 27.6. The highest BCUT2D eigenvalue weighted by Gasteiger charge is 2.36. The van der Waals surface area contributed by atoms with E-state index >= 15 is 0 Å². The number of nitrogens with zero attached hydrogens (tertiary/aromatic N) is 6. The normalized spacial score (nSPS) is 15.0. The van der Waals surface area contributed by atoms with E-state index in [-0.39, 0.29) is 55.3 Å². The Bertz CT molecular complexity index is 3360. The molecule has 77 heavy (non-hydrogen) atoms. The zero-order chi connectivity index (χ0) is 53.6. The molecule has 16 nitrogen and oxygen atoms in total. The van der Waals surface area contributed by atoms with Crippen LogP contribution in [-0.2, 0) is 48.2 Å². The van der Waals surface area contributed by atoms with Crippen molar-refractivity contribution in [3.8, 4) is 11.5 Å². The molecule has 4 N–H and O–H groups in total. The summed E-state index contributed by atoms with van der Waals surface area (Å²) in [5, 5.41) is 28.7. The highest BCUT2D eigenvalue weighted by atomic mass is 16.5. The predicted octanol–water partition coefficient (Wildman–Crippen LogP) is 8.88. The average molecular weight is 1040 g/mol. The van der Waals surface area contributed by atoms with E-state index in [2.05, 4.69) is 37.0 Å². The maximum atomic E-state index is 14.5. The van der Waals surface area contributed by atoms with Gasteiger partial charge in [-0.1, -0.05) is 42.2 Å². The number of anilines is 1. The Hall–Kier alpha value is -7.81. The first kappa shape index (κ1) is 52.6. The number of ketones is 1. The molecule has 0 bridgehead atoms. The highest BCUT2D eigenvalue weighted by Crippen LogP contribution is 2.48. The van der Waals surface area contributed by atoms with E-state index in [9.17, 15) is 34.6 Å². The summed E-state index contributed by atoms with van der Waals surface area (Å²) >= 11 is 0. The molecule has 10 rings (SSSR count). The number of fused-ring (bicyclic) bond motifs is 4. The lowest BCUT2D eigenvalue weighted by molar-refractivity contribution is -0.129. The number of carbonyl (C=O) groups excluding carboxylic acids is 4. The van der Waals surface area contributed by atoms with Crippen LogP contribution in [0.15, 0.2) is 77.9 Å². The van der Waals surface area contributed by atoms with Gasteiger partial charge < -0.3 is 25.0 Å². The number of hydrogen-bond donors (Lipinski definition) is 4. The van der Waals surface area contributed by atoms with Gasteiger partial charge in [0.15, 0.2) is 0 Å². The first-order chi connectivity index (χ1) is 37.5. The van der Waals surface area contributed by atoms with E-state index in [0.29, 0.717) is 36.1 Å². The Morgan fingerprint density at radius 3 is 2.31 bits per heavy atom. The Kier molecular flexibility index (Phi) is 16.1. The van der Waals surface area contributed by atoms with Crippen molar-refractivity contribution in [2.75, 3.05) is 44.2 Å². The van der Waals surface area contributed by atoms with E-state index in [1.807, 2.05) is 19.1 Å². The van der Waals surface area contributed by atoms with E-state index in [1.165, 1.54) is 39.4 Å². The first-order valence-corrected chi connectivity index (χ1v) is 27.6. The molecule has 0 radical (unpaired) electrons. The molecule has 0 atom stereocenters. The molecule has 0 aromatic heterocycles. The number of hydroxylamine groups is 1. The number of ether oxygens (including phenoxy) is 1. The minimum absolute atomic E-state index is 0.0605. The molecule has 16 heteroatoms. The molecule has 5 aromatic carbocycles. The number of hydrogen-bond acceptors (Lipinski definition) is 9. The van der Waals surface area contributed by atoms with Crippen LogP contribution in [0.25, 0.3) is 16.0 Å². The summed E-state index contributed by atoms with van der Waals surface area (Å²) in [5.41, 5.74) is 22.6. The number of benzene rings is 5. The fourth-order valence-corrected chi connectivity index (χ4v) is 12.3. The van der Waals surface area contributed by atoms with Gasteiger partial charge in [-0.25, -0.2) is 14.9 Å². The van der Waals surface area contributed by atoms with Crippen LogP contribution in [0.1, 0.15) is 158 Å². The van der Waals surface area contributed by atoms with Gasteiger partial charge in [-0.2, -0.15) is 0 Å². The van der Waals surface area contributed by atoms with Gasteiger partial charge in [-0.3, -0.25) is 24.4 Å². The van der Waals surface area contributed by atoms with Gasteiger partial charge in [0.1, 0.15) is 30.4 Å². The van der Waals surface area contributed by atoms with Crippen LogP contribution in [0, 0.1) is 6.92 Å². The molecule has 5 aliphatic heterocycles. The van der Waals surface area contributed by atoms with E-state index in [0.717, 1.165) is 148 Å². The Morgan fingerprint density at radius 2 is 1.51 bits per heavy atom. The van der Waals surface area contributed by atoms with Gasteiger partial charge in [0.05, 0.1) is 11.1 Å². The molecule has 0 fully saturated rings. The minimum Gasteiger partial charge on any atom is -0.478 e. The van der Waals surface area contributed by atoms with Crippen LogP contribution in [-0.4, -0.2) is 84.0 Å². The molecule has 0 saturated carbocycles. The van der Waals surface area contributed by atoms with Crippen molar-refractivity contribution in [2.24, 2.45) is 5.11 Å². The standard InChI is InChI=1S/C61H66N8O8/c1-38-18-19-40(33-52(38)64-66-62)37-69(60(73)41-22-20-39(21-23-41)32-45(70)14-4-2-3-5-17-53(71)65-76)31-26-63-59(72)44-24-25-46(61(74)75)49(36-44)54-50-34-42-12-6-8-27-67-29-10-15-47(55(42)67)57(50)77-58-48-16-11-30-68-28-9-7-13-43(56(48)68)35-51(54)58/h18-25,33-36H,2-17,26-32,37H2,1H3,(H3-,63,65,71,72,74,75,76)/p+1. The maximum absolute atomic E-state index is 14.5. The molecule has 0 saturated heterocycles. The lowest BCUT2D eigenvalue weighted by Gasteiger charge is -2.35. The number of rotatable bonds is 19. The summed E-state index contributed by atoms with van der Waals surface area (Å²) in [6, 6.07) is 21.7. The second kappa shape index (κ2) is 23.6. The van der Waals surface area contributed by atoms with E-state index in [1.54, 1.807) is 52.8 Å². The average Bonchev–Trinajstić information content (AvgIpc) is 3.84. The van der Waals surface area contributed by atoms with Crippen molar-refractivity contribution >= 4 is 46.4 Å². The molecule has 398 valence electrons. The number of carboxylic acid groups (broad SMARTS) is 1. The quantitative estimate of drug-likeness (QED) is 0.0116. The second-order valence-corrected chi connectivity index (χ2v) is 21.3. The predicted molar refractivity (Wildman–Crippen MR) is 293 cm³/mol. The van der Waals surface area contributed by atoms with Gasteiger partial charge in [-0.05, 0) is 153 Å². The number of nitrogens with one attached hydrogen (secondary N) is 2. The summed E-state index contributed by atoms with van der Waals surface area (Å²) in [4.78, 5) is 73.6. The summed E-state index contributed by atoms with van der Waals surface area (Å²) in [7, 11) is 0. The highest BCUT2D eigenvalue weighted by molar-refractivity contribution is 6.03. The third-order valence-corrected chi connectivity index (χ3v) is 16.1. The molecule has 5 heterocycles. The van der Waals surface area contributed by atoms with Gasteiger partial charge in [0.2, 0.25) is 11.3 Å². The van der Waals surface area contributed by atoms with E-state index < -0.39 is 17.8 Å². The third-order valence-electron chi connectivity index (χ3n) is 16.1. The summed E-state index contributed by atoms with van der Waals surface area (Å²) in [6.07, 6.45) is 13.6. The number of aromatic carboxylic acids is 1. The van der Waals surface area contributed by atoms with Crippen LogP contribution in [0.3, 0.4) is 0 Å². The third kappa shape index (κ3) is 11.4. The van der Waals surface area contributed by atoms with Crippen LogP contribution in [0.4, 0.5) is 11.4 Å². The van der Waals surface area contributed by atoms with Crippen molar-refractivity contribution in [2.45, 2.75) is 123 Å². The van der Waals surface area contributed by atoms with Crippen molar-refractivity contribution in [1.82, 2.24) is 20.3 Å². The van der Waals surface area contributed by atoms with Gasteiger partial charge in [0.25, 0.3) is 11.8 Å². The monoisotopic (exact) mass is 1040 g/mol. The molecule has 0 spiro atoms. The van der Waals surface area contributed by atoms with Crippen LogP contribution in [0.5, 0.6) is 11.5 Å². The largest absolute Gasteiger partial charge is 0.478 e. The van der Waals surface area contributed by atoms with Crippen LogP contribution >= 0.6 is 0 Å². The molecule has 3 amide bonds. The molecular weight excluding hydrogens is 973 g/mol. The van der Waals surface area contributed by atoms with Crippen molar-refractivity contribution in [1.29, 1.82) is 0 Å². The fourth-order valence-electron chi connectivity index (χ4n) is 12.3. The number of carbonyl (C=O) groups is 5. The lowest BCUT2D eigenvalue weighted by Crippen LogP contribution is -2.41. The lowest BCUT2D eigenvalue weighted by atomic mass is 9.82. The number of amides is 3. The van der Waals surface area contributed by atoms with Gasteiger partial charge in [0, 0.05) is 120 Å².